The lowest BCUT2D eigenvalue weighted by Gasteiger charge is -2.14. The molecule has 25 heavy (non-hydrogen) atoms. The number of esters is 1. The lowest BCUT2D eigenvalue weighted by molar-refractivity contribution is -0.153. The maximum atomic E-state index is 11.9. The average molecular weight is 343 g/mol. The van der Waals surface area contributed by atoms with Crippen molar-refractivity contribution in [1.29, 1.82) is 0 Å². The third kappa shape index (κ3) is 6.18. The molecular weight excluding hydrogens is 322 g/mol. The Labute approximate surface area is 146 Å². The molecule has 6 nitrogen and oxygen atoms in total. The Morgan fingerprint density at radius 2 is 1.68 bits per heavy atom. The van der Waals surface area contributed by atoms with Gasteiger partial charge in [0, 0.05) is 5.69 Å². The summed E-state index contributed by atoms with van der Waals surface area (Å²) in [5.41, 5.74) is 0.595. The highest BCUT2D eigenvalue weighted by Crippen LogP contribution is 2.15. The molecule has 0 radical (unpaired) electrons. The van der Waals surface area contributed by atoms with E-state index in [1.165, 1.54) is 0 Å². The Morgan fingerprint density at radius 1 is 1.00 bits per heavy atom. The van der Waals surface area contributed by atoms with Crippen molar-refractivity contribution in [1.82, 2.24) is 0 Å². The Morgan fingerprint density at radius 3 is 2.32 bits per heavy atom. The molecule has 2 aromatic carbocycles. The molecule has 2 rings (SSSR count). The third-order valence-electron chi connectivity index (χ3n) is 3.18. The molecule has 2 aromatic rings. The summed E-state index contributed by atoms with van der Waals surface area (Å²) in [7, 11) is 0. The molecule has 1 atom stereocenters. The first-order valence-corrected chi connectivity index (χ1v) is 7.99. The number of nitrogens with one attached hydrogen (secondary N) is 1. The number of amides is 1. The van der Waals surface area contributed by atoms with Crippen LogP contribution in [-0.2, 0) is 14.3 Å². The summed E-state index contributed by atoms with van der Waals surface area (Å²) in [6.07, 6.45) is -0.805. The van der Waals surface area contributed by atoms with E-state index in [4.69, 9.17) is 14.2 Å². The van der Waals surface area contributed by atoms with E-state index in [0.717, 1.165) is 5.75 Å². The van der Waals surface area contributed by atoms with Gasteiger partial charge in [-0.05, 0) is 50.2 Å². The van der Waals surface area contributed by atoms with E-state index in [1.807, 2.05) is 13.0 Å². The van der Waals surface area contributed by atoms with Crippen LogP contribution in [0.5, 0.6) is 11.5 Å². The van der Waals surface area contributed by atoms with Crippen LogP contribution in [0.15, 0.2) is 54.6 Å². The lowest BCUT2D eigenvalue weighted by atomic mass is 10.3. The van der Waals surface area contributed by atoms with Gasteiger partial charge < -0.3 is 19.5 Å². The summed E-state index contributed by atoms with van der Waals surface area (Å²) in [6.45, 7) is 3.66. The second kappa shape index (κ2) is 9.32. The zero-order valence-electron chi connectivity index (χ0n) is 14.2. The van der Waals surface area contributed by atoms with Gasteiger partial charge >= 0.3 is 5.97 Å². The van der Waals surface area contributed by atoms with Gasteiger partial charge in [0.2, 0.25) is 0 Å². The van der Waals surface area contributed by atoms with E-state index < -0.39 is 18.0 Å². The van der Waals surface area contributed by atoms with E-state index in [0.29, 0.717) is 18.0 Å². The molecule has 0 bridgehead atoms. The van der Waals surface area contributed by atoms with Crippen LogP contribution in [-0.4, -0.2) is 31.2 Å². The van der Waals surface area contributed by atoms with E-state index in [1.54, 1.807) is 55.5 Å². The summed E-state index contributed by atoms with van der Waals surface area (Å²) >= 11 is 0. The van der Waals surface area contributed by atoms with E-state index in [-0.39, 0.29) is 6.61 Å². The first kappa shape index (κ1) is 18.3. The Hall–Kier alpha value is -3.02. The van der Waals surface area contributed by atoms with E-state index >= 15 is 0 Å². The van der Waals surface area contributed by atoms with E-state index in [2.05, 4.69) is 5.32 Å². The van der Waals surface area contributed by atoms with Crippen LogP contribution in [0.25, 0.3) is 0 Å². The van der Waals surface area contributed by atoms with Crippen molar-refractivity contribution < 1.29 is 23.8 Å². The van der Waals surface area contributed by atoms with Gasteiger partial charge in [0.25, 0.3) is 5.91 Å². The quantitative estimate of drug-likeness (QED) is 0.746. The number of carbonyl (C=O) groups is 2. The largest absolute Gasteiger partial charge is 0.494 e. The van der Waals surface area contributed by atoms with Crippen LogP contribution < -0.4 is 14.8 Å². The van der Waals surface area contributed by atoms with Gasteiger partial charge in [-0.1, -0.05) is 18.2 Å². The number of anilines is 1. The number of para-hydroxylation sites is 1. The second-order valence-corrected chi connectivity index (χ2v) is 5.19. The van der Waals surface area contributed by atoms with Gasteiger partial charge in [-0.3, -0.25) is 4.79 Å². The van der Waals surface area contributed by atoms with Gasteiger partial charge in [0.05, 0.1) is 6.61 Å². The highest BCUT2D eigenvalue weighted by Gasteiger charge is 2.17. The summed E-state index contributed by atoms with van der Waals surface area (Å²) in [6, 6.07) is 15.9. The molecule has 0 aliphatic rings. The minimum absolute atomic E-state index is 0.380. The molecular formula is C19H21NO5. The number of rotatable bonds is 8. The maximum absolute atomic E-state index is 11.9. The molecule has 1 N–H and O–H groups in total. The number of hydrogen-bond acceptors (Lipinski definition) is 5. The average Bonchev–Trinajstić information content (AvgIpc) is 2.62. The molecule has 0 spiro atoms. The number of ether oxygens (including phenoxy) is 3. The summed E-state index contributed by atoms with van der Waals surface area (Å²) in [5, 5.41) is 2.64. The lowest BCUT2D eigenvalue weighted by Crippen LogP contribution is -2.29. The number of carbonyl (C=O) groups excluding carboxylic acids is 2. The highest BCUT2D eigenvalue weighted by molar-refractivity contribution is 5.93. The predicted molar refractivity (Wildman–Crippen MR) is 93.7 cm³/mol. The van der Waals surface area contributed by atoms with Crippen molar-refractivity contribution in [3.8, 4) is 11.5 Å². The molecule has 0 heterocycles. The van der Waals surface area contributed by atoms with Crippen molar-refractivity contribution >= 4 is 17.6 Å². The van der Waals surface area contributed by atoms with Crippen LogP contribution in [0.1, 0.15) is 13.8 Å². The Balaban J connectivity index is 1.75. The smallest absolute Gasteiger partial charge is 0.347 e. The zero-order chi connectivity index (χ0) is 18.1. The van der Waals surface area contributed by atoms with Crippen molar-refractivity contribution in [2.24, 2.45) is 0 Å². The SMILES string of the molecule is CCOc1ccc(NC(=O)COC(=O)[C@H](C)Oc2ccccc2)cc1. The number of hydrogen-bond donors (Lipinski definition) is 1. The van der Waals surface area contributed by atoms with Crippen LogP contribution in [0, 0.1) is 0 Å². The second-order valence-electron chi connectivity index (χ2n) is 5.19. The van der Waals surface area contributed by atoms with Crippen LogP contribution in [0.4, 0.5) is 5.69 Å². The summed E-state index contributed by atoms with van der Waals surface area (Å²) in [5.74, 6) is 0.250. The highest BCUT2D eigenvalue weighted by atomic mass is 16.6. The van der Waals surface area contributed by atoms with Gasteiger partial charge in [0.15, 0.2) is 12.7 Å². The molecule has 0 unspecified atom stereocenters. The number of benzene rings is 2. The summed E-state index contributed by atoms with van der Waals surface area (Å²) < 4.78 is 15.7. The van der Waals surface area contributed by atoms with E-state index in [9.17, 15) is 9.59 Å². The topological polar surface area (TPSA) is 73.9 Å². The van der Waals surface area contributed by atoms with Crippen LogP contribution in [0.2, 0.25) is 0 Å². The Bertz CT molecular complexity index is 685. The molecule has 0 fully saturated rings. The minimum Gasteiger partial charge on any atom is -0.494 e. The molecule has 0 saturated carbocycles. The first-order valence-electron chi connectivity index (χ1n) is 7.99. The standard InChI is InChI=1S/C19H21NO5/c1-3-23-16-11-9-15(10-12-16)20-18(21)13-24-19(22)14(2)25-17-7-5-4-6-8-17/h4-12,14H,3,13H2,1-2H3,(H,20,21)/t14-/m0/s1. The normalized spacial score (nSPS) is 11.3. The fourth-order valence-corrected chi connectivity index (χ4v) is 2.00. The van der Waals surface area contributed by atoms with Crippen molar-refractivity contribution in [2.45, 2.75) is 20.0 Å². The minimum atomic E-state index is -0.805. The molecule has 0 aliphatic heterocycles. The monoisotopic (exact) mass is 343 g/mol. The van der Waals surface area contributed by atoms with Crippen LogP contribution in [0.3, 0.4) is 0 Å². The molecule has 132 valence electrons. The summed E-state index contributed by atoms with van der Waals surface area (Å²) in [4.78, 5) is 23.7. The van der Waals surface area contributed by atoms with Crippen molar-refractivity contribution in [2.75, 3.05) is 18.5 Å². The Kier molecular flexibility index (Phi) is 6.83. The molecule has 0 saturated heterocycles. The van der Waals surface area contributed by atoms with Crippen molar-refractivity contribution in [3.05, 3.63) is 54.6 Å². The fraction of sp³-hybridized carbons (Fsp3) is 0.263. The van der Waals surface area contributed by atoms with Crippen LogP contribution >= 0.6 is 0 Å². The maximum Gasteiger partial charge on any atom is 0.347 e. The molecule has 6 heteroatoms. The predicted octanol–water partition coefficient (Wildman–Crippen LogP) is 3.03. The van der Waals surface area contributed by atoms with Gasteiger partial charge in [-0.15, -0.1) is 0 Å². The third-order valence-corrected chi connectivity index (χ3v) is 3.18. The van der Waals surface area contributed by atoms with Gasteiger partial charge in [-0.25, -0.2) is 4.79 Å². The zero-order valence-corrected chi connectivity index (χ0v) is 14.2. The van der Waals surface area contributed by atoms with Gasteiger partial charge in [0.1, 0.15) is 11.5 Å². The van der Waals surface area contributed by atoms with Crippen molar-refractivity contribution in [3.63, 3.8) is 0 Å². The van der Waals surface area contributed by atoms with Gasteiger partial charge in [-0.2, -0.15) is 0 Å². The first-order chi connectivity index (χ1) is 12.1. The molecule has 0 aromatic heterocycles. The molecule has 0 aliphatic carbocycles. The fourth-order valence-electron chi connectivity index (χ4n) is 2.00. The molecule has 1 amide bonds.